The third-order valence-corrected chi connectivity index (χ3v) is 4.87. The predicted molar refractivity (Wildman–Crippen MR) is 105 cm³/mol. The highest BCUT2D eigenvalue weighted by Gasteiger charge is 2.21. The first-order chi connectivity index (χ1) is 9.81. The van der Waals surface area contributed by atoms with Crippen LogP contribution >= 0.6 is 35.7 Å². The molecule has 6 heteroatoms. The van der Waals surface area contributed by atoms with Gasteiger partial charge in [-0.25, -0.2) is 0 Å². The van der Waals surface area contributed by atoms with Gasteiger partial charge in [0.05, 0.1) is 0 Å². The van der Waals surface area contributed by atoms with Crippen molar-refractivity contribution in [3.63, 3.8) is 0 Å². The maximum Gasteiger partial charge on any atom is 0.193 e. The fraction of sp³-hybridized carbons (Fsp3) is 0.933. The molecule has 1 unspecified atom stereocenters. The van der Waals surface area contributed by atoms with E-state index in [1.54, 1.807) is 0 Å². The van der Waals surface area contributed by atoms with Crippen LogP contribution in [0.4, 0.5) is 0 Å². The molecule has 0 spiro atoms. The molecule has 1 aliphatic heterocycles. The third-order valence-electron chi connectivity index (χ3n) is 3.50. The van der Waals surface area contributed by atoms with E-state index in [2.05, 4.69) is 40.8 Å². The van der Waals surface area contributed by atoms with Gasteiger partial charge in [-0.2, -0.15) is 11.8 Å². The van der Waals surface area contributed by atoms with Crippen molar-refractivity contribution in [3.8, 4) is 0 Å². The van der Waals surface area contributed by atoms with Gasteiger partial charge < -0.3 is 15.0 Å². The number of ether oxygens (including phenoxy) is 1. The fourth-order valence-corrected chi connectivity index (χ4v) is 3.39. The maximum absolute atomic E-state index is 5.57. The SMILES string of the molecule is CCCCOCCCNC(=NC)N1CCSC(CC)C1.I. The number of rotatable bonds is 8. The Morgan fingerprint density at radius 3 is 2.76 bits per heavy atom. The Kier molecular flexibility index (Phi) is 14.1. The lowest BCUT2D eigenvalue weighted by Gasteiger charge is -2.34. The van der Waals surface area contributed by atoms with Crippen molar-refractivity contribution in [2.24, 2.45) is 4.99 Å². The molecule has 0 amide bonds. The molecule has 4 nitrogen and oxygen atoms in total. The topological polar surface area (TPSA) is 36.9 Å². The van der Waals surface area contributed by atoms with E-state index in [9.17, 15) is 0 Å². The summed E-state index contributed by atoms with van der Waals surface area (Å²) in [7, 11) is 1.88. The first kappa shape index (κ1) is 21.3. The minimum Gasteiger partial charge on any atom is -0.381 e. The second-order valence-corrected chi connectivity index (χ2v) is 6.55. The van der Waals surface area contributed by atoms with Crippen molar-refractivity contribution in [2.45, 2.75) is 44.8 Å². The zero-order valence-electron chi connectivity index (χ0n) is 13.8. The van der Waals surface area contributed by atoms with Crippen LogP contribution in [-0.2, 0) is 4.74 Å². The highest BCUT2D eigenvalue weighted by molar-refractivity contribution is 14.0. The van der Waals surface area contributed by atoms with Crippen molar-refractivity contribution in [2.75, 3.05) is 45.6 Å². The normalized spacial score (nSPS) is 19.3. The number of hydrogen-bond donors (Lipinski definition) is 1. The van der Waals surface area contributed by atoms with Gasteiger partial charge in [0.2, 0.25) is 0 Å². The summed E-state index contributed by atoms with van der Waals surface area (Å²) >= 11 is 2.09. The molecule has 0 aromatic rings. The second-order valence-electron chi connectivity index (χ2n) is 5.14. The van der Waals surface area contributed by atoms with Gasteiger partial charge >= 0.3 is 0 Å². The quantitative estimate of drug-likeness (QED) is 0.278. The lowest BCUT2D eigenvalue weighted by Crippen LogP contribution is -2.48. The van der Waals surface area contributed by atoms with Crippen molar-refractivity contribution in [3.05, 3.63) is 0 Å². The van der Waals surface area contributed by atoms with Crippen molar-refractivity contribution >= 4 is 41.7 Å². The van der Waals surface area contributed by atoms with Gasteiger partial charge in [0, 0.05) is 50.9 Å². The molecule has 0 aromatic heterocycles. The highest BCUT2D eigenvalue weighted by Crippen LogP contribution is 2.20. The van der Waals surface area contributed by atoms with E-state index in [0.29, 0.717) is 0 Å². The first-order valence-electron chi connectivity index (χ1n) is 7.96. The number of aliphatic imine (C=N–C) groups is 1. The lowest BCUT2D eigenvalue weighted by molar-refractivity contribution is 0.129. The Morgan fingerprint density at radius 2 is 2.10 bits per heavy atom. The van der Waals surface area contributed by atoms with Crippen LogP contribution in [0.2, 0.25) is 0 Å². The third kappa shape index (κ3) is 9.13. The molecule has 1 saturated heterocycles. The van der Waals surface area contributed by atoms with Crippen molar-refractivity contribution in [1.29, 1.82) is 0 Å². The number of nitrogens with zero attached hydrogens (tertiary/aromatic N) is 2. The largest absolute Gasteiger partial charge is 0.381 e. The molecule has 1 N–H and O–H groups in total. The summed E-state index contributed by atoms with van der Waals surface area (Å²) in [5.41, 5.74) is 0. The number of hydrogen-bond acceptors (Lipinski definition) is 3. The number of halogens is 1. The molecule has 1 aliphatic rings. The van der Waals surface area contributed by atoms with E-state index in [0.717, 1.165) is 50.5 Å². The molecular weight excluding hydrogens is 397 g/mol. The predicted octanol–water partition coefficient (Wildman–Crippen LogP) is 3.21. The van der Waals surface area contributed by atoms with Gasteiger partial charge in [0.1, 0.15) is 0 Å². The minimum atomic E-state index is 0. The standard InChI is InChI=1S/C15H31N3OS.HI/c1-4-6-10-19-11-7-8-17-15(16-3)18-9-12-20-14(5-2)13-18;/h14H,4-13H2,1-3H3,(H,16,17);1H. The molecular formula is C15H32IN3OS. The molecule has 0 bridgehead atoms. The Hall–Kier alpha value is 0.310. The number of thioether (sulfide) groups is 1. The van der Waals surface area contributed by atoms with Gasteiger partial charge in [0.15, 0.2) is 5.96 Å². The maximum atomic E-state index is 5.57. The molecule has 0 aliphatic carbocycles. The summed E-state index contributed by atoms with van der Waals surface area (Å²) in [5.74, 6) is 2.26. The summed E-state index contributed by atoms with van der Waals surface area (Å²) in [5, 5.41) is 4.21. The van der Waals surface area contributed by atoms with E-state index in [-0.39, 0.29) is 24.0 Å². The molecule has 1 heterocycles. The van der Waals surface area contributed by atoms with Crippen LogP contribution in [0, 0.1) is 0 Å². The molecule has 1 rings (SSSR count). The fourth-order valence-electron chi connectivity index (χ4n) is 2.21. The van der Waals surface area contributed by atoms with Gasteiger partial charge in [-0.1, -0.05) is 20.3 Å². The van der Waals surface area contributed by atoms with Gasteiger partial charge in [-0.05, 0) is 19.3 Å². The van der Waals surface area contributed by atoms with E-state index in [1.165, 1.54) is 25.0 Å². The summed E-state index contributed by atoms with van der Waals surface area (Å²) in [6, 6.07) is 0. The van der Waals surface area contributed by atoms with E-state index < -0.39 is 0 Å². The molecule has 21 heavy (non-hydrogen) atoms. The van der Waals surface area contributed by atoms with Gasteiger partial charge in [-0.15, -0.1) is 24.0 Å². The van der Waals surface area contributed by atoms with E-state index >= 15 is 0 Å². The van der Waals surface area contributed by atoms with Gasteiger partial charge in [0.25, 0.3) is 0 Å². The van der Waals surface area contributed by atoms with Gasteiger partial charge in [-0.3, -0.25) is 4.99 Å². The van der Waals surface area contributed by atoms with Crippen molar-refractivity contribution in [1.82, 2.24) is 10.2 Å². The average molecular weight is 429 g/mol. The van der Waals surface area contributed by atoms with Crippen LogP contribution in [0.15, 0.2) is 4.99 Å². The Balaban J connectivity index is 0.00000400. The number of guanidine groups is 1. The minimum absolute atomic E-state index is 0. The highest BCUT2D eigenvalue weighted by atomic mass is 127. The van der Waals surface area contributed by atoms with Crippen LogP contribution in [0.1, 0.15) is 39.5 Å². The zero-order valence-corrected chi connectivity index (χ0v) is 16.9. The Bertz CT molecular complexity index is 280. The summed E-state index contributed by atoms with van der Waals surface area (Å²) in [4.78, 5) is 6.80. The van der Waals surface area contributed by atoms with Crippen LogP contribution in [0.25, 0.3) is 0 Å². The molecule has 1 fully saturated rings. The summed E-state index contributed by atoms with van der Waals surface area (Å²) in [6.45, 7) is 9.37. The molecule has 0 saturated carbocycles. The Morgan fingerprint density at radius 1 is 1.33 bits per heavy atom. The summed E-state index contributed by atoms with van der Waals surface area (Å²) in [6.07, 6.45) is 4.65. The molecule has 0 aromatic carbocycles. The smallest absolute Gasteiger partial charge is 0.193 e. The second kappa shape index (κ2) is 13.9. The lowest BCUT2D eigenvalue weighted by atomic mass is 10.3. The number of unbranched alkanes of at least 4 members (excludes halogenated alkanes) is 1. The number of nitrogens with one attached hydrogen (secondary N) is 1. The van der Waals surface area contributed by atoms with Crippen LogP contribution < -0.4 is 5.32 Å². The summed E-state index contributed by atoms with van der Waals surface area (Å²) < 4.78 is 5.57. The van der Waals surface area contributed by atoms with E-state index in [1.807, 2.05) is 7.05 Å². The van der Waals surface area contributed by atoms with E-state index in [4.69, 9.17) is 4.74 Å². The average Bonchev–Trinajstić information content (AvgIpc) is 2.50. The molecule has 1 atom stereocenters. The molecule has 0 radical (unpaired) electrons. The zero-order chi connectivity index (χ0) is 14.6. The monoisotopic (exact) mass is 429 g/mol. The first-order valence-corrected chi connectivity index (χ1v) is 9.01. The van der Waals surface area contributed by atoms with Crippen LogP contribution in [0.3, 0.4) is 0 Å². The Labute approximate surface area is 151 Å². The molecule has 126 valence electrons. The van der Waals surface area contributed by atoms with Crippen LogP contribution in [0.5, 0.6) is 0 Å². The van der Waals surface area contributed by atoms with Crippen molar-refractivity contribution < 1.29 is 4.74 Å². The van der Waals surface area contributed by atoms with Crippen LogP contribution in [-0.4, -0.2) is 61.8 Å².